The van der Waals surface area contributed by atoms with Crippen molar-refractivity contribution in [2.45, 2.75) is 44.2 Å². The molecule has 0 fully saturated rings. The van der Waals surface area contributed by atoms with E-state index in [2.05, 4.69) is 0 Å². The van der Waals surface area contributed by atoms with Crippen molar-refractivity contribution in [3.05, 3.63) is 88.6 Å². The van der Waals surface area contributed by atoms with Crippen LogP contribution in [0.4, 0.5) is 0 Å². The molecule has 4 aromatic rings. The first-order chi connectivity index (χ1) is 19.3. The molecule has 7 nitrogen and oxygen atoms in total. The second kappa shape index (κ2) is 13.3. The van der Waals surface area contributed by atoms with Crippen LogP contribution >= 0.6 is 11.3 Å². The van der Waals surface area contributed by atoms with Gasteiger partial charge in [-0.05, 0) is 71.8 Å². The molecule has 0 unspecified atom stereocenters. The lowest BCUT2D eigenvalue weighted by molar-refractivity contribution is -0.132. The maximum absolute atomic E-state index is 13.9. The highest BCUT2D eigenvalue weighted by molar-refractivity contribution is 7.89. The average Bonchev–Trinajstić information content (AvgIpc) is 3.50. The Morgan fingerprint density at radius 3 is 2.35 bits per heavy atom. The van der Waals surface area contributed by atoms with Crippen molar-refractivity contribution in [3.63, 3.8) is 0 Å². The van der Waals surface area contributed by atoms with Crippen molar-refractivity contribution >= 4 is 38.0 Å². The summed E-state index contributed by atoms with van der Waals surface area (Å²) < 4.78 is 39.9. The number of carbonyl (C=O) groups excluding carboxylic acids is 1. The Morgan fingerprint density at radius 1 is 0.925 bits per heavy atom. The summed E-state index contributed by atoms with van der Waals surface area (Å²) in [5.74, 6) is 1.03. The Balaban J connectivity index is 1.59. The van der Waals surface area contributed by atoms with E-state index in [9.17, 15) is 13.2 Å². The Hall–Kier alpha value is -3.40. The molecule has 0 saturated carbocycles. The van der Waals surface area contributed by atoms with Crippen LogP contribution in [0.15, 0.2) is 83.1 Å². The third-order valence-electron chi connectivity index (χ3n) is 7.10. The molecule has 1 heterocycles. The molecule has 0 N–H and O–H groups in total. The summed E-state index contributed by atoms with van der Waals surface area (Å²) in [6.07, 6.45) is 1.16. The Kier molecular flexibility index (Phi) is 9.84. The highest BCUT2D eigenvalue weighted by atomic mass is 32.2. The van der Waals surface area contributed by atoms with Crippen LogP contribution in [0.5, 0.6) is 11.5 Å². The van der Waals surface area contributed by atoms with Gasteiger partial charge in [0.15, 0.2) is 11.5 Å². The van der Waals surface area contributed by atoms with Gasteiger partial charge in [-0.25, -0.2) is 8.42 Å². The molecule has 0 spiro atoms. The summed E-state index contributed by atoms with van der Waals surface area (Å²) in [6.45, 7) is 4.38. The van der Waals surface area contributed by atoms with Crippen molar-refractivity contribution in [2.24, 2.45) is 0 Å². The smallest absolute Gasteiger partial charge is 0.243 e. The Bertz CT molecular complexity index is 1540. The number of rotatable bonds is 13. The van der Waals surface area contributed by atoms with Gasteiger partial charge in [-0.3, -0.25) is 4.79 Å². The first-order valence-electron chi connectivity index (χ1n) is 13.3. The standard InChI is InChI=1S/C31H36N2O5S2/c1-5-23(2)33(40(35,36)28-14-13-25-9-6-7-10-26(25)20-28)22-31(34)32(21-27-11-8-18-39-27)17-16-24-12-15-29(37-3)30(19-24)38-4/h6-15,18-20,23H,5,16-17,21-22H2,1-4H3/t23-/m0/s1. The normalized spacial score (nSPS) is 12.4. The summed E-state index contributed by atoms with van der Waals surface area (Å²) in [5, 5.41) is 3.78. The first-order valence-corrected chi connectivity index (χ1v) is 15.6. The van der Waals surface area contributed by atoms with E-state index in [4.69, 9.17) is 9.47 Å². The summed E-state index contributed by atoms with van der Waals surface area (Å²) in [7, 11) is -0.738. The van der Waals surface area contributed by atoms with Crippen LogP contribution in [0.25, 0.3) is 10.8 Å². The summed E-state index contributed by atoms with van der Waals surface area (Å²) in [5.41, 5.74) is 0.990. The third-order valence-corrected chi connectivity index (χ3v) is 9.92. The molecule has 9 heteroatoms. The van der Waals surface area contributed by atoms with E-state index in [-0.39, 0.29) is 23.4 Å². The fourth-order valence-corrected chi connectivity index (χ4v) is 6.97. The third kappa shape index (κ3) is 6.83. The molecule has 212 valence electrons. The Morgan fingerprint density at radius 2 is 1.68 bits per heavy atom. The molecule has 40 heavy (non-hydrogen) atoms. The molecule has 3 aromatic carbocycles. The van der Waals surface area contributed by atoms with Gasteiger partial charge in [-0.2, -0.15) is 4.31 Å². The fourth-order valence-electron chi connectivity index (χ4n) is 4.56. The lowest BCUT2D eigenvalue weighted by atomic mass is 10.1. The second-order valence-electron chi connectivity index (χ2n) is 9.65. The van der Waals surface area contributed by atoms with Gasteiger partial charge in [-0.15, -0.1) is 11.3 Å². The van der Waals surface area contributed by atoms with Gasteiger partial charge >= 0.3 is 0 Å². The van der Waals surface area contributed by atoms with Gasteiger partial charge in [0.05, 0.1) is 32.2 Å². The van der Waals surface area contributed by atoms with Crippen molar-refractivity contribution < 1.29 is 22.7 Å². The number of carbonyl (C=O) groups is 1. The van der Waals surface area contributed by atoms with E-state index in [0.29, 0.717) is 37.4 Å². The zero-order chi connectivity index (χ0) is 28.7. The van der Waals surface area contributed by atoms with Gasteiger partial charge in [0, 0.05) is 17.5 Å². The number of ether oxygens (including phenoxy) is 2. The maximum Gasteiger partial charge on any atom is 0.243 e. The monoisotopic (exact) mass is 580 g/mol. The van der Waals surface area contributed by atoms with Crippen LogP contribution in [0.2, 0.25) is 0 Å². The number of hydrogen-bond donors (Lipinski definition) is 0. The minimum atomic E-state index is -3.92. The number of methoxy groups -OCH3 is 2. The van der Waals surface area contributed by atoms with E-state index in [1.807, 2.05) is 79.9 Å². The zero-order valence-electron chi connectivity index (χ0n) is 23.4. The molecule has 0 aliphatic rings. The van der Waals surface area contributed by atoms with Crippen molar-refractivity contribution in [3.8, 4) is 11.5 Å². The fraction of sp³-hybridized carbons (Fsp3) is 0.323. The van der Waals surface area contributed by atoms with Crippen LogP contribution in [-0.2, 0) is 27.8 Å². The summed E-state index contributed by atoms with van der Waals surface area (Å²) in [6, 6.07) is 22.1. The average molecular weight is 581 g/mol. The molecule has 1 amide bonds. The number of amides is 1. The van der Waals surface area contributed by atoms with E-state index in [1.165, 1.54) is 4.31 Å². The lowest BCUT2D eigenvalue weighted by Gasteiger charge is -2.30. The SMILES string of the molecule is CC[C@H](C)N(CC(=O)N(CCc1ccc(OC)c(OC)c1)Cc1cccs1)S(=O)(=O)c1ccc2ccccc2c1. The van der Waals surface area contributed by atoms with Crippen LogP contribution in [0, 0.1) is 0 Å². The Labute approximate surface area is 241 Å². The zero-order valence-corrected chi connectivity index (χ0v) is 25.0. The molecule has 0 radical (unpaired) electrons. The predicted octanol–water partition coefficient (Wildman–Crippen LogP) is 5.98. The van der Waals surface area contributed by atoms with E-state index in [0.717, 1.165) is 21.2 Å². The van der Waals surface area contributed by atoms with Gasteiger partial charge in [0.25, 0.3) is 0 Å². The topological polar surface area (TPSA) is 76.2 Å². The number of hydrogen-bond acceptors (Lipinski definition) is 6. The van der Waals surface area contributed by atoms with Gasteiger partial charge in [-0.1, -0.05) is 49.4 Å². The van der Waals surface area contributed by atoms with E-state index >= 15 is 0 Å². The minimum Gasteiger partial charge on any atom is -0.493 e. The van der Waals surface area contributed by atoms with Crippen LogP contribution in [0.1, 0.15) is 30.7 Å². The highest BCUT2D eigenvalue weighted by Gasteiger charge is 2.32. The largest absolute Gasteiger partial charge is 0.493 e. The van der Waals surface area contributed by atoms with Gasteiger partial charge in [0.1, 0.15) is 0 Å². The van der Waals surface area contributed by atoms with Gasteiger partial charge < -0.3 is 14.4 Å². The number of sulfonamides is 1. The van der Waals surface area contributed by atoms with Crippen molar-refractivity contribution in [2.75, 3.05) is 27.3 Å². The summed E-state index contributed by atoms with van der Waals surface area (Å²) in [4.78, 5) is 16.8. The molecule has 0 aliphatic carbocycles. The molecular weight excluding hydrogens is 544 g/mol. The van der Waals surface area contributed by atoms with E-state index < -0.39 is 10.0 Å². The maximum atomic E-state index is 13.9. The molecule has 0 bridgehead atoms. The number of benzene rings is 3. The van der Waals surface area contributed by atoms with E-state index in [1.54, 1.807) is 42.6 Å². The molecule has 1 aromatic heterocycles. The molecule has 4 rings (SSSR count). The number of nitrogens with zero attached hydrogens (tertiary/aromatic N) is 2. The lowest BCUT2D eigenvalue weighted by Crippen LogP contribution is -2.46. The molecular formula is C31H36N2O5S2. The quantitative estimate of drug-likeness (QED) is 0.195. The number of thiophene rings is 1. The first kappa shape index (κ1) is 29.6. The molecule has 0 aliphatic heterocycles. The van der Waals surface area contributed by atoms with Crippen molar-refractivity contribution in [1.29, 1.82) is 0 Å². The second-order valence-corrected chi connectivity index (χ2v) is 12.6. The van der Waals surface area contributed by atoms with Crippen LogP contribution in [-0.4, -0.2) is 56.9 Å². The molecule has 1 atom stereocenters. The summed E-state index contributed by atoms with van der Waals surface area (Å²) >= 11 is 1.57. The predicted molar refractivity (Wildman–Crippen MR) is 161 cm³/mol. The van der Waals surface area contributed by atoms with Crippen molar-refractivity contribution in [1.82, 2.24) is 9.21 Å². The molecule has 0 saturated heterocycles. The van der Waals surface area contributed by atoms with Crippen LogP contribution in [0.3, 0.4) is 0 Å². The minimum absolute atomic E-state index is 0.189. The van der Waals surface area contributed by atoms with Crippen LogP contribution < -0.4 is 9.47 Å². The highest BCUT2D eigenvalue weighted by Crippen LogP contribution is 2.28. The van der Waals surface area contributed by atoms with Gasteiger partial charge in [0.2, 0.25) is 15.9 Å². The number of fused-ring (bicyclic) bond motifs is 1.